The minimum Gasteiger partial charge on any atom is -0.339 e. The predicted octanol–water partition coefficient (Wildman–Crippen LogP) is 2.29. The Morgan fingerprint density at radius 2 is 2.09 bits per heavy atom. The second-order valence-corrected chi connectivity index (χ2v) is 5.38. The standard InChI is InChI=1S/C16H20ClN3O2/c1-3-20(4-2)16(22)11-7-8-12(17)14(10-11)19-15(21)13-6-5-9-18-13/h5-8,10,13,18H,3-4,9H2,1-2H3,(H,19,21)/t13-/m1/s1. The van der Waals surface area contributed by atoms with Gasteiger partial charge in [0.15, 0.2) is 0 Å². The summed E-state index contributed by atoms with van der Waals surface area (Å²) >= 11 is 6.12. The van der Waals surface area contributed by atoms with Crippen LogP contribution in [0.25, 0.3) is 0 Å². The number of anilines is 1. The molecule has 118 valence electrons. The number of carbonyl (C=O) groups excluding carboxylic acids is 2. The molecule has 5 nitrogen and oxygen atoms in total. The number of nitrogens with zero attached hydrogens (tertiary/aromatic N) is 1. The average Bonchev–Trinajstić information content (AvgIpc) is 3.05. The van der Waals surface area contributed by atoms with Crippen LogP contribution in [0.5, 0.6) is 0 Å². The molecule has 2 amide bonds. The molecule has 0 bridgehead atoms. The molecule has 1 aromatic rings. The highest BCUT2D eigenvalue weighted by atomic mass is 35.5. The summed E-state index contributed by atoms with van der Waals surface area (Å²) in [6, 6.07) is 4.57. The van der Waals surface area contributed by atoms with Crippen LogP contribution in [0.2, 0.25) is 5.02 Å². The van der Waals surface area contributed by atoms with Gasteiger partial charge in [-0.3, -0.25) is 14.9 Å². The summed E-state index contributed by atoms with van der Waals surface area (Å²) in [6.45, 7) is 5.80. The molecular formula is C16H20ClN3O2. The summed E-state index contributed by atoms with van der Waals surface area (Å²) in [7, 11) is 0. The number of amides is 2. The van der Waals surface area contributed by atoms with Gasteiger partial charge in [0.1, 0.15) is 6.04 Å². The Hall–Kier alpha value is -1.85. The third kappa shape index (κ3) is 3.67. The van der Waals surface area contributed by atoms with Crippen molar-refractivity contribution in [1.29, 1.82) is 0 Å². The monoisotopic (exact) mass is 321 g/mol. The molecule has 0 radical (unpaired) electrons. The SMILES string of the molecule is CCN(CC)C(=O)c1ccc(Cl)c(NC(=O)[C@H]2C=CCN2)c1. The van der Waals surface area contributed by atoms with E-state index in [0.29, 0.717) is 35.9 Å². The second-order valence-electron chi connectivity index (χ2n) is 4.98. The van der Waals surface area contributed by atoms with Crippen LogP contribution in [0.3, 0.4) is 0 Å². The molecule has 2 rings (SSSR count). The molecule has 0 unspecified atom stereocenters. The zero-order valence-electron chi connectivity index (χ0n) is 12.7. The Morgan fingerprint density at radius 3 is 2.68 bits per heavy atom. The van der Waals surface area contributed by atoms with Gasteiger partial charge < -0.3 is 10.2 Å². The van der Waals surface area contributed by atoms with Crippen molar-refractivity contribution < 1.29 is 9.59 Å². The lowest BCUT2D eigenvalue weighted by atomic mass is 10.1. The van der Waals surface area contributed by atoms with Gasteiger partial charge in [-0.25, -0.2) is 0 Å². The second kappa shape index (κ2) is 7.42. The summed E-state index contributed by atoms with van der Waals surface area (Å²) in [4.78, 5) is 26.2. The first-order valence-electron chi connectivity index (χ1n) is 7.36. The predicted molar refractivity (Wildman–Crippen MR) is 88.3 cm³/mol. The van der Waals surface area contributed by atoms with Gasteiger partial charge in [-0.05, 0) is 32.0 Å². The number of hydrogen-bond donors (Lipinski definition) is 2. The van der Waals surface area contributed by atoms with Gasteiger partial charge in [-0.1, -0.05) is 23.8 Å². The van der Waals surface area contributed by atoms with Crippen LogP contribution in [0, 0.1) is 0 Å². The van der Waals surface area contributed by atoms with E-state index >= 15 is 0 Å². The van der Waals surface area contributed by atoms with E-state index in [2.05, 4.69) is 10.6 Å². The first-order valence-corrected chi connectivity index (χ1v) is 7.74. The maximum atomic E-state index is 12.4. The largest absolute Gasteiger partial charge is 0.339 e. The minimum absolute atomic E-state index is 0.0731. The number of benzene rings is 1. The maximum absolute atomic E-state index is 12.4. The molecule has 1 aliphatic heterocycles. The van der Waals surface area contributed by atoms with E-state index in [1.54, 1.807) is 29.2 Å². The maximum Gasteiger partial charge on any atom is 0.253 e. The average molecular weight is 322 g/mol. The van der Waals surface area contributed by atoms with E-state index in [-0.39, 0.29) is 17.9 Å². The van der Waals surface area contributed by atoms with Crippen LogP contribution in [-0.2, 0) is 4.79 Å². The van der Waals surface area contributed by atoms with Crippen molar-refractivity contribution in [3.05, 3.63) is 40.9 Å². The van der Waals surface area contributed by atoms with Crippen LogP contribution >= 0.6 is 11.6 Å². The van der Waals surface area contributed by atoms with Crippen molar-refractivity contribution in [2.75, 3.05) is 25.0 Å². The zero-order valence-corrected chi connectivity index (χ0v) is 13.5. The van der Waals surface area contributed by atoms with Gasteiger partial charge in [0, 0.05) is 25.2 Å². The van der Waals surface area contributed by atoms with Crippen molar-refractivity contribution in [3.8, 4) is 0 Å². The molecule has 1 atom stereocenters. The normalized spacial score (nSPS) is 16.6. The van der Waals surface area contributed by atoms with E-state index in [4.69, 9.17) is 11.6 Å². The molecule has 0 spiro atoms. The third-order valence-corrected chi connectivity index (χ3v) is 3.92. The van der Waals surface area contributed by atoms with Gasteiger partial charge in [-0.15, -0.1) is 0 Å². The molecule has 0 fully saturated rings. The molecule has 0 saturated carbocycles. The molecule has 0 saturated heterocycles. The van der Waals surface area contributed by atoms with Crippen LogP contribution in [0.15, 0.2) is 30.4 Å². The lowest BCUT2D eigenvalue weighted by Gasteiger charge is -2.19. The van der Waals surface area contributed by atoms with E-state index in [9.17, 15) is 9.59 Å². The molecule has 1 heterocycles. The molecule has 6 heteroatoms. The fourth-order valence-electron chi connectivity index (χ4n) is 2.31. The van der Waals surface area contributed by atoms with Gasteiger partial charge in [-0.2, -0.15) is 0 Å². The highest BCUT2D eigenvalue weighted by molar-refractivity contribution is 6.34. The highest BCUT2D eigenvalue weighted by Crippen LogP contribution is 2.24. The van der Waals surface area contributed by atoms with Crippen LogP contribution in [0.1, 0.15) is 24.2 Å². The Balaban J connectivity index is 2.17. The summed E-state index contributed by atoms with van der Waals surface area (Å²) in [6.07, 6.45) is 3.69. The number of hydrogen-bond acceptors (Lipinski definition) is 3. The van der Waals surface area contributed by atoms with Gasteiger partial charge in [0.25, 0.3) is 5.91 Å². The Morgan fingerprint density at radius 1 is 1.36 bits per heavy atom. The van der Waals surface area contributed by atoms with Gasteiger partial charge in [0.2, 0.25) is 5.91 Å². The fraction of sp³-hybridized carbons (Fsp3) is 0.375. The first-order chi connectivity index (χ1) is 10.6. The molecule has 2 N–H and O–H groups in total. The number of rotatable bonds is 5. The summed E-state index contributed by atoms with van der Waals surface area (Å²) < 4.78 is 0. The van der Waals surface area contributed by atoms with E-state index < -0.39 is 0 Å². The molecular weight excluding hydrogens is 302 g/mol. The third-order valence-electron chi connectivity index (χ3n) is 3.59. The molecule has 1 aliphatic rings. The molecule has 1 aromatic carbocycles. The van der Waals surface area contributed by atoms with Crippen LogP contribution < -0.4 is 10.6 Å². The van der Waals surface area contributed by atoms with E-state index in [1.165, 1.54) is 0 Å². The Bertz CT molecular complexity index is 597. The number of carbonyl (C=O) groups is 2. The van der Waals surface area contributed by atoms with E-state index in [1.807, 2.05) is 19.9 Å². The minimum atomic E-state index is -0.363. The molecule has 22 heavy (non-hydrogen) atoms. The van der Waals surface area contributed by atoms with Crippen molar-refractivity contribution in [3.63, 3.8) is 0 Å². The summed E-state index contributed by atoms with van der Waals surface area (Å²) in [5, 5.41) is 6.20. The van der Waals surface area contributed by atoms with Crippen molar-refractivity contribution in [2.45, 2.75) is 19.9 Å². The summed E-state index contributed by atoms with van der Waals surface area (Å²) in [5.74, 6) is -0.265. The lowest BCUT2D eigenvalue weighted by molar-refractivity contribution is -0.116. The van der Waals surface area contributed by atoms with Gasteiger partial charge in [0.05, 0.1) is 10.7 Å². The smallest absolute Gasteiger partial charge is 0.253 e. The fourth-order valence-corrected chi connectivity index (χ4v) is 2.47. The molecule has 0 aliphatic carbocycles. The van der Waals surface area contributed by atoms with Crippen LogP contribution in [0.4, 0.5) is 5.69 Å². The topological polar surface area (TPSA) is 61.4 Å². The van der Waals surface area contributed by atoms with Crippen molar-refractivity contribution >= 4 is 29.1 Å². The van der Waals surface area contributed by atoms with E-state index in [0.717, 1.165) is 0 Å². The van der Waals surface area contributed by atoms with Crippen molar-refractivity contribution in [1.82, 2.24) is 10.2 Å². The zero-order chi connectivity index (χ0) is 16.1. The number of halogens is 1. The quantitative estimate of drug-likeness (QED) is 0.818. The number of nitrogens with one attached hydrogen (secondary N) is 2. The van der Waals surface area contributed by atoms with Gasteiger partial charge >= 0.3 is 0 Å². The van der Waals surface area contributed by atoms with Crippen molar-refractivity contribution in [2.24, 2.45) is 0 Å². The Kier molecular flexibility index (Phi) is 5.57. The lowest BCUT2D eigenvalue weighted by Crippen LogP contribution is -2.36. The first kappa shape index (κ1) is 16.5. The Labute approximate surface area is 135 Å². The summed E-state index contributed by atoms with van der Waals surface area (Å²) in [5.41, 5.74) is 0.963. The highest BCUT2D eigenvalue weighted by Gasteiger charge is 2.20. The van der Waals surface area contributed by atoms with Crippen LogP contribution in [-0.4, -0.2) is 42.4 Å². The molecule has 0 aromatic heterocycles.